The van der Waals surface area contributed by atoms with Crippen molar-refractivity contribution in [2.75, 3.05) is 4.90 Å². The van der Waals surface area contributed by atoms with Gasteiger partial charge in [-0.1, -0.05) is 250 Å². The van der Waals surface area contributed by atoms with Crippen LogP contribution in [0.1, 0.15) is 72.2 Å². The second-order valence-electron chi connectivity index (χ2n) is 23.0. The maximum atomic E-state index is 2.44. The highest BCUT2D eigenvalue weighted by Gasteiger charge is 2.43. The van der Waals surface area contributed by atoms with Gasteiger partial charge < -0.3 is 4.90 Å². The quantitative estimate of drug-likeness (QED) is 0.139. The molecule has 0 spiro atoms. The summed E-state index contributed by atoms with van der Waals surface area (Å²) < 4.78 is 0. The van der Waals surface area contributed by atoms with E-state index in [0.29, 0.717) is 0 Å². The third-order valence-electron chi connectivity index (χ3n) is 18.5. The van der Waals surface area contributed by atoms with Gasteiger partial charge in [0.1, 0.15) is 0 Å². The van der Waals surface area contributed by atoms with Gasteiger partial charge >= 0.3 is 0 Å². The van der Waals surface area contributed by atoms with Gasteiger partial charge in [0.2, 0.25) is 0 Å². The number of fused-ring (bicyclic) bond motifs is 9. The van der Waals surface area contributed by atoms with Gasteiger partial charge in [-0.25, -0.2) is 0 Å². The molecule has 0 bridgehead atoms. The Morgan fingerprint density at radius 1 is 0.225 bits per heavy atom. The number of benzene rings is 12. The molecule has 0 aliphatic heterocycles. The van der Waals surface area contributed by atoms with E-state index in [0.717, 1.165) is 17.1 Å². The van der Waals surface area contributed by atoms with Gasteiger partial charge in [-0.15, -0.1) is 0 Å². The minimum Gasteiger partial charge on any atom is -0.311 e. The molecule has 12 aromatic carbocycles. The van der Waals surface area contributed by atoms with Gasteiger partial charge in [-0.2, -0.15) is 0 Å². The lowest BCUT2D eigenvalue weighted by Crippen LogP contribution is -2.22. The predicted molar refractivity (Wildman–Crippen MR) is 335 cm³/mol. The Bertz CT molecular complexity index is 4190. The third kappa shape index (κ3) is 7.16. The Kier molecular flexibility index (Phi) is 10.9. The second-order valence-corrected chi connectivity index (χ2v) is 23.0. The first kappa shape index (κ1) is 47.6. The highest BCUT2D eigenvalue weighted by Crippen LogP contribution is 2.56. The Hall–Kier alpha value is -9.56. The zero-order valence-electron chi connectivity index (χ0n) is 45.6. The standard InChI is InChI=1S/C79H59N/c1-77(2)71-31-16-13-28-66(71)70-30-19-29-69(76(70)77)63-25-12-11-24-62(63)54-38-46-61(47-39-54)80(59-42-34-52(35-43-59)55-40-48-67-64-26-14-17-32-72(64)78(3,74(67)50-55)57-20-7-5-8-21-57)60-44-36-53(37-45-60)56-41-49-68-65-27-15-18-33-73(65)79(4,75(68)51-56)58-22-9-6-10-23-58/h5-51H,1-4H3. The van der Waals surface area contributed by atoms with Crippen LogP contribution in [0.3, 0.4) is 0 Å². The molecule has 0 heterocycles. The molecule has 0 radical (unpaired) electrons. The van der Waals surface area contributed by atoms with Crippen LogP contribution in [0.2, 0.25) is 0 Å². The van der Waals surface area contributed by atoms with Crippen molar-refractivity contribution < 1.29 is 0 Å². The van der Waals surface area contributed by atoms with E-state index in [1.807, 2.05) is 0 Å². The van der Waals surface area contributed by atoms with Gasteiger partial charge in [0.25, 0.3) is 0 Å². The fraction of sp³-hybridized carbons (Fsp3) is 0.0886. The lowest BCUT2D eigenvalue weighted by molar-refractivity contribution is 0.662. The van der Waals surface area contributed by atoms with Crippen molar-refractivity contribution in [3.63, 3.8) is 0 Å². The van der Waals surface area contributed by atoms with E-state index in [1.165, 1.54) is 122 Å². The molecule has 12 aromatic rings. The molecular weight excluding hydrogens is 963 g/mol. The molecule has 0 saturated carbocycles. The van der Waals surface area contributed by atoms with Crippen LogP contribution in [0.15, 0.2) is 285 Å². The van der Waals surface area contributed by atoms with Crippen LogP contribution in [0, 0.1) is 0 Å². The van der Waals surface area contributed by atoms with E-state index < -0.39 is 0 Å². The van der Waals surface area contributed by atoms with Gasteiger partial charge in [-0.3, -0.25) is 0 Å². The SMILES string of the molecule is CC1(C)c2ccccc2-c2cccc(-c3ccccc3-c3ccc(N(c4ccc(-c5ccc6c(c5)C(C)(c5ccccc5)c5ccccc5-6)cc4)c4ccc(-c5ccc6c(c5)C(C)(c5ccccc5)c5ccccc5-6)cc4)cc3)c21. The molecule has 0 aromatic heterocycles. The molecule has 2 unspecified atom stereocenters. The summed E-state index contributed by atoms with van der Waals surface area (Å²) in [5, 5.41) is 0. The molecule has 1 heteroatoms. The Morgan fingerprint density at radius 2 is 0.550 bits per heavy atom. The van der Waals surface area contributed by atoms with Crippen molar-refractivity contribution in [2.24, 2.45) is 0 Å². The number of hydrogen-bond acceptors (Lipinski definition) is 1. The molecule has 3 aliphatic carbocycles. The highest BCUT2D eigenvalue weighted by molar-refractivity contribution is 5.94. The van der Waals surface area contributed by atoms with E-state index >= 15 is 0 Å². The lowest BCUT2D eigenvalue weighted by Gasteiger charge is -2.29. The van der Waals surface area contributed by atoms with E-state index in [-0.39, 0.29) is 16.2 Å². The number of rotatable bonds is 9. The molecular formula is C79H59N. The van der Waals surface area contributed by atoms with Crippen LogP contribution in [0.25, 0.3) is 77.9 Å². The summed E-state index contributed by atoms with van der Waals surface area (Å²) in [5.74, 6) is 0. The van der Waals surface area contributed by atoms with Gasteiger partial charge in [0.15, 0.2) is 0 Å². The van der Waals surface area contributed by atoms with Crippen molar-refractivity contribution in [2.45, 2.75) is 43.9 Å². The van der Waals surface area contributed by atoms with Gasteiger partial charge in [0, 0.05) is 33.3 Å². The molecule has 380 valence electrons. The summed E-state index contributed by atoms with van der Waals surface area (Å²) in [6, 6.07) is 106. The monoisotopic (exact) mass is 1020 g/mol. The molecule has 0 amide bonds. The van der Waals surface area contributed by atoms with Crippen LogP contribution in [0.4, 0.5) is 17.1 Å². The first-order valence-corrected chi connectivity index (χ1v) is 28.2. The minimum absolute atomic E-state index is 0.130. The normalized spacial score (nSPS) is 16.7. The maximum absolute atomic E-state index is 2.44. The molecule has 80 heavy (non-hydrogen) atoms. The summed E-state index contributed by atoms with van der Waals surface area (Å²) in [6.45, 7) is 9.55. The summed E-state index contributed by atoms with van der Waals surface area (Å²) in [6.07, 6.45) is 0. The molecule has 15 rings (SSSR count). The zero-order chi connectivity index (χ0) is 53.7. The summed E-state index contributed by atoms with van der Waals surface area (Å²) in [4.78, 5) is 2.41. The van der Waals surface area contributed by atoms with Crippen molar-refractivity contribution in [1.29, 1.82) is 0 Å². The first-order chi connectivity index (χ1) is 39.2. The van der Waals surface area contributed by atoms with Crippen LogP contribution in [-0.2, 0) is 16.2 Å². The number of hydrogen-bond donors (Lipinski definition) is 0. The van der Waals surface area contributed by atoms with Crippen LogP contribution in [0.5, 0.6) is 0 Å². The minimum atomic E-state index is -0.269. The first-order valence-electron chi connectivity index (χ1n) is 28.2. The van der Waals surface area contributed by atoms with Crippen LogP contribution < -0.4 is 4.90 Å². The maximum Gasteiger partial charge on any atom is 0.0462 e. The van der Waals surface area contributed by atoms with Crippen LogP contribution in [-0.4, -0.2) is 0 Å². The zero-order valence-corrected chi connectivity index (χ0v) is 45.6. The molecule has 0 N–H and O–H groups in total. The molecule has 0 saturated heterocycles. The van der Waals surface area contributed by atoms with Gasteiger partial charge in [-0.05, 0) is 185 Å². The molecule has 0 fully saturated rings. The summed E-state index contributed by atoms with van der Waals surface area (Å²) in [5.41, 5.74) is 31.1. The molecule has 1 nitrogen and oxygen atoms in total. The van der Waals surface area contributed by atoms with E-state index in [9.17, 15) is 0 Å². The van der Waals surface area contributed by atoms with E-state index in [2.05, 4.69) is 318 Å². The Balaban J connectivity index is 0.814. The largest absolute Gasteiger partial charge is 0.311 e. The topological polar surface area (TPSA) is 3.24 Å². The average Bonchev–Trinajstić information content (AvgIpc) is 4.21. The number of anilines is 3. The lowest BCUT2D eigenvalue weighted by atomic mass is 9.74. The van der Waals surface area contributed by atoms with Crippen molar-refractivity contribution in [3.05, 3.63) is 330 Å². The summed E-state index contributed by atoms with van der Waals surface area (Å²) in [7, 11) is 0. The van der Waals surface area contributed by atoms with Crippen molar-refractivity contribution >= 4 is 17.1 Å². The fourth-order valence-corrected chi connectivity index (χ4v) is 14.4. The Labute approximate surface area is 470 Å². The highest BCUT2D eigenvalue weighted by atomic mass is 15.1. The Morgan fingerprint density at radius 3 is 1.01 bits per heavy atom. The molecule has 2 atom stereocenters. The predicted octanol–water partition coefficient (Wildman–Crippen LogP) is 20.8. The fourth-order valence-electron chi connectivity index (χ4n) is 14.4. The van der Waals surface area contributed by atoms with E-state index in [1.54, 1.807) is 0 Å². The van der Waals surface area contributed by atoms with Gasteiger partial charge in [0.05, 0.1) is 0 Å². The smallest absolute Gasteiger partial charge is 0.0462 e. The van der Waals surface area contributed by atoms with Crippen LogP contribution >= 0.6 is 0 Å². The number of nitrogens with zero attached hydrogens (tertiary/aromatic N) is 1. The van der Waals surface area contributed by atoms with Crippen molar-refractivity contribution in [3.8, 4) is 77.9 Å². The van der Waals surface area contributed by atoms with Crippen molar-refractivity contribution in [1.82, 2.24) is 0 Å². The average molecular weight is 1020 g/mol. The van der Waals surface area contributed by atoms with E-state index in [4.69, 9.17) is 0 Å². The second kappa shape index (κ2) is 18.3. The summed E-state index contributed by atoms with van der Waals surface area (Å²) >= 11 is 0. The molecule has 3 aliphatic rings. The third-order valence-corrected chi connectivity index (χ3v) is 18.5.